The quantitative estimate of drug-likeness (QED) is 0.337. The summed E-state index contributed by atoms with van der Waals surface area (Å²) in [5.41, 5.74) is -1.57. The SMILES string of the molecule is CCN1CCCC1CN(Cc1ccccn1)Cc1cccs1.O=C(O)CC(O)(CC(=O)O)C(=O)O. The van der Waals surface area contributed by atoms with Crippen LogP contribution in [0.1, 0.15) is 43.2 Å². The standard InChI is InChI=1S/C18H25N3S.C6H8O7/c1-2-21-11-5-8-17(21)14-20(15-18-9-6-12-22-18)13-16-7-3-4-10-19-16;7-3(8)1-6(13,5(11)12)2-4(9)10/h3-4,6-7,9-10,12,17H,2,5,8,11,13-15H2,1H3;13H,1-2H2,(H,7,8)(H,9,10)(H,11,12). The Morgan fingerprint density at radius 2 is 1.83 bits per heavy atom. The second kappa shape index (κ2) is 13.9. The number of aliphatic hydroxyl groups is 1. The van der Waals surface area contributed by atoms with Crippen LogP contribution in [-0.4, -0.2) is 84.4 Å². The molecule has 35 heavy (non-hydrogen) atoms. The van der Waals surface area contributed by atoms with E-state index in [1.165, 1.54) is 36.5 Å². The van der Waals surface area contributed by atoms with Crippen molar-refractivity contribution in [2.75, 3.05) is 19.6 Å². The molecule has 10 nitrogen and oxygen atoms in total. The number of aliphatic carboxylic acids is 3. The van der Waals surface area contributed by atoms with Crippen LogP contribution in [0.15, 0.2) is 41.9 Å². The molecule has 0 bridgehead atoms. The lowest BCUT2D eigenvalue weighted by atomic mass is 9.96. The van der Waals surface area contributed by atoms with Gasteiger partial charge < -0.3 is 20.4 Å². The molecule has 2 aromatic rings. The third kappa shape index (κ3) is 9.73. The van der Waals surface area contributed by atoms with Gasteiger partial charge in [-0.25, -0.2) is 4.79 Å². The van der Waals surface area contributed by atoms with Gasteiger partial charge in [0, 0.05) is 36.8 Å². The van der Waals surface area contributed by atoms with Crippen molar-refractivity contribution >= 4 is 29.2 Å². The molecule has 0 amide bonds. The molecule has 1 fully saturated rings. The molecule has 1 unspecified atom stereocenters. The van der Waals surface area contributed by atoms with Crippen molar-refractivity contribution in [3.8, 4) is 0 Å². The van der Waals surface area contributed by atoms with Gasteiger partial charge in [0.25, 0.3) is 0 Å². The summed E-state index contributed by atoms with van der Waals surface area (Å²) in [5, 5.41) is 36.0. The zero-order valence-corrected chi connectivity index (χ0v) is 20.6. The van der Waals surface area contributed by atoms with Crippen molar-refractivity contribution in [3.05, 3.63) is 52.5 Å². The van der Waals surface area contributed by atoms with Crippen molar-refractivity contribution in [1.29, 1.82) is 0 Å². The van der Waals surface area contributed by atoms with Crippen LogP contribution < -0.4 is 0 Å². The van der Waals surface area contributed by atoms with Crippen molar-refractivity contribution < 1.29 is 34.8 Å². The molecule has 4 N–H and O–H groups in total. The lowest BCUT2D eigenvalue weighted by molar-refractivity contribution is -0.170. The second-order valence-corrected chi connectivity index (χ2v) is 9.50. The molecule has 0 radical (unpaired) electrons. The first-order valence-corrected chi connectivity index (χ1v) is 12.3. The molecule has 0 aromatic carbocycles. The van der Waals surface area contributed by atoms with Crippen LogP contribution in [-0.2, 0) is 27.5 Å². The maximum Gasteiger partial charge on any atom is 0.336 e. The molecule has 1 atom stereocenters. The van der Waals surface area contributed by atoms with E-state index in [4.69, 9.17) is 20.4 Å². The van der Waals surface area contributed by atoms with Crippen LogP contribution in [0.4, 0.5) is 0 Å². The van der Waals surface area contributed by atoms with Gasteiger partial charge in [-0.15, -0.1) is 11.3 Å². The van der Waals surface area contributed by atoms with E-state index in [0.717, 1.165) is 19.6 Å². The van der Waals surface area contributed by atoms with Crippen LogP contribution in [0, 0.1) is 0 Å². The number of likely N-dealkylation sites (N-methyl/N-ethyl adjacent to an activating group) is 1. The number of carboxylic acid groups (broad SMARTS) is 3. The zero-order valence-electron chi connectivity index (χ0n) is 19.7. The summed E-state index contributed by atoms with van der Waals surface area (Å²) in [7, 11) is 0. The number of pyridine rings is 1. The Labute approximate surface area is 208 Å². The van der Waals surface area contributed by atoms with E-state index in [0.29, 0.717) is 6.04 Å². The van der Waals surface area contributed by atoms with Crippen LogP contribution >= 0.6 is 11.3 Å². The van der Waals surface area contributed by atoms with E-state index in [1.807, 2.05) is 23.6 Å². The molecule has 192 valence electrons. The van der Waals surface area contributed by atoms with Crippen LogP contribution in [0.5, 0.6) is 0 Å². The highest BCUT2D eigenvalue weighted by Crippen LogP contribution is 2.21. The van der Waals surface area contributed by atoms with Gasteiger partial charge in [-0.3, -0.25) is 24.4 Å². The summed E-state index contributed by atoms with van der Waals surface area (Å²) < 4.78 is 0. The summed E-state index contributed by atoms with van der Waals surface area (Å²) in [4.78, 5) is 41.6. The fraction of sp³-hybridized carbons (Fsp3) is 0.500. The number of carbonyl (C=O) groups is 3. The minimum Gasteiger partial charge on any atom is -0.481 e. The molecule has 1 saturated heterocycles. The average molecular weight is 508 g/mol. The van der Waals surface area contributed by atoms with Crippen molar-refractivity contribution in [3.63, 3.8) is 0 Å². The molecular formula is C24H33N3O7S. The van der Waals surface area contributed by atoms with Gasteiger partial charge >= 0.3 is 17.9 Å². The Bertz CT molecular complexity index is 924. The predicted molar refractivity (Wildman–Crippen MR) is 130 cm³/mol. The van der Waals surface area contributed by atoms with Gasteiger partial charge in [-0.2, -0.15) is 0 Å². The van der Waals surface area contributed by atoms with Crippen molar-refractivity contribution in [2.45, 2.75) is 57.3 Å². The largest absolute Gasteiger partial charge is 0.481 e. The van der Waals surface area contributed by atoms with Gasteiger partial charge in [0.2, 0.25) is 0 Å². The molecule has 0 aliphatic carbocycles. The van der Waals surface area contributed by atoms with Gasteiger partial charge in [-0.05, 0) is 49.5 Å². The number of likely N-dealkylation sites (tertiary alicyclic amines) is 1. The number of nitrogens with zero attached hydrogens (tertiary/aromatic N) is 3. The molecule has 0 spiro atoms. The molecule has 1 aliphatic heterocycles. The molecule has 1 aliphatic rings. The Morgan fingerprint density at radius 1 is 1.11 bits per heavy atom. The molecule has 3 rings (SSSR count). The molecular weight excluding hydrogens is 474 g/mol. The van der Waals surface area contributed by atoms with E-state index in [-0.39, 0.29) is 0 Å². The van der Waals surface area contributed by atoms with Crippen molar-refractivity contribution in [1.82, 2.24) is 14.8 Å². The Hall–Kier alpha value is -2.86. The number of carboxylic acids is 3. The van der Waals surface area contributed by atoms with E-state index >= 15 is 0 Å². The minimum absolute atomic E-state index is 0.702. The first-order valence-electron chi connectivity index (χ1n) is 11.4. The van der Waals surface area contributed by atoms with Crippen molar-refractivity contribution in [2.24, 2.45) is 0 Å². The first-order chi connectivity index (χ1) is 16.6. The first kappa shape index (κ1) is 28.4. The zero-order chi connectivity index (χ0) is 25.8. The Balaban J connectivity index is 0.000000287. The third-order valence-corrected chi connectivity index (χ3v) is 6.59. The predicted octanol–water partition coefficient (Wildman–Crippen LogP) is 2.38. The molecule has 3 heterocycles. The van der Waals surface area contributed by atoms with E-state index in [1.54, 1.807) is 0 Å². The summed E-state index contributed by atoms with van der Waals surface area (Å²) in [5.74, 6) is -5.02. The van der Waals surface area contributed by atoms with Crippen LogP contribution in [0.2, 0.25) is 0 Å². The summed E-state index contributed by atoms with van der Waals surface area (Å²) in [6.07, 6.45) is 2.28. The summed E-state index contributed by atoms with van der Waals surface area (Å²) >= 11 is 1.85. The average Bonchev–Trinajstić information content (AvgIpc) is 3.45. The number of rotatable bonds is 12. The maximum absolute atomic E-state index is 10.3. The van der Waals surface area contributed by atoms with Gasteiger partial charge in [0.05, 0.1) is 18.5 Å². The third-order valence-electron chi connectivity index (χ3n) is 5.73. The number of thiophene rings is 1. The van der Waals surface area contributed by atoms with E-state index in [9.17, 15) is 14.4 Å². The van der Waals surface area contributed by atoms with Crippen LogP contribution in [0.25, 0.3) is 0 Å². The van der Waals surface area contributed by atoms with Crippen LogP contribution in [0.3, 0.4) is 0 Å². The van der Waals surface area contributed by atoms with Gasteiger partial charge in [0.1, 0.15) is 0 Å². The molecule has 2 aromatic heterocycles. The number of hydrogen-bond donors (Lipinski definition) is 4. The Morgan fingerprint density at radius 3 is 2.34 bits per heavy atom. The Kier molecular flexibility index (Phi) is 11.3. The monoisotopic (exact) mass is 507 g/mol. The number of aromatic nitrogens is 1. The second-order valence-electron chi connectivity index (χ2n) is 8.47. The highest BCUT2D eigenvalue weighted by molar-refractivity contribution is 7.09. The van der Waals surface area contributed by atoms with E-state index < -0.39 is 36.4 Å². The fourth-order valence-electron chi connectivity index (χ4n) is 4.06. The highest BCUT2D eigenvalue weighted by Gasteiger charge is 2.40. The topological polar surface area (TPSA) is 152 Å². The van der Waals surface area contributed by atoms with E-state index in [2.05, 4.69) is 51.4 Å². The normalized spacial score (nSPS) is 16.0. The van der Waals surface area contributed by atoms with Gasteiger partial charge in [0.15, 0.2) is 5.60 Å². The maximum atomic E-state index is 10.3. The molecule has 0 saturated carbocycles. The lowest BCUT2D eigenvalue weighted by Crippen LogP contribution is -2.42. The fourth-order valence-corrected chi connectivity index (χ4v) is 4.81. The lowest BCUT2D eigenvalue weighted by Gasteiger charge is -2.29. The summed E-state index contributed by atoms with van der Waals surface area (Å²) in [6, 6.07) is 11.3. The minimum atomic E-state index is -2.74. The number of hydrogen-bond acceptors (Lipinski definition) is 8. The highest BCUT2D eigenvalue weighted by atomic mass is 32.1. The summed E-state index contributed by atoms with van der Waals surface area (Å²) in [6.45, 7) is 7.82. The smallest absolute Gasteiger partial charge is 0.336 e. The molecule has 11 heteroatoms. The van der Waals surface area contributed by atoms with Gasteiger partial charge in [-0.1, -0.05) is 19.1 Å².